The first kappa shape index (κ1) is 16.7. The van der Waals surface area contributed by atoms with Crippen LogP contribution in [0.25, 0.3) is 22.5 Å². The van der Waals surface area contributed by atoms with E-state index in [2.05, 4.69) is 36.1 Å². The van der Waals surface area contributed by atoms with Crippen LogP contribution in [0.5, 0.6) is 0 Å². The summed E-state index contributed by atoms with van der Waals surface area (Å²) in [5.41, 5.74) is 10.7. The smallest absolute Gasteiger partial charge is 0.180 e. The molecule has 0 saturated heterocycles. The lowest BCUT2D eigenvalue weighted by Gasteiger charge is -2.15. The molecule has 0 unspecified atom stereocenters. The Morgan fingerprint density at radius 1 is 1.25 bits per heavy atom. The van der Waals surface area contributed by atoms with E-state index in [1.807, 2.05) is 10.6 Å². The van der Waals surface area contributed by atoms with E-state index >= 15 is 0 Å². The van der Waals surface area contributed by atoms with Crippen molar-refractivity contribution >= 4 is 39.4 Å². The van der Waals surface area contributed by atoms with Crippen molar-refractivity contribution in [1.82, 2.24) is 33.9 Å². The third-order valence-corrected chi connectivity index (χ3v) is 5.44. The zero-order valence-corrected chi connectivity index (χ0v) is 15.6. The summed E-state index contributed by atoms with van der Waals surface area (Å²) in [5.74, 6) is 6.84. The summed E-state index contributed by atoms with van der Waals surface area (Å²) < 4.78 is 6.28. The number of anilines is 3. The fourth-order valence-electron chi connectivity index (χ4n) is 3.35. The van der Waals surface area contributed by atoms with E-state index in [-0.39, 0.29) is 0 Å². The van der Waals surface area contributed by atoms with Crippen molar-refractivity contribution in [2.24, 2.45) is 0 Å². The van der Waals surface area contributed by atoms with Crippen molar-refractivity contribution in [3.8, 4) is 11.3 Å². The molecule has 0 radical (unpaired) electrons. The first-order valence-electron chi connectivity index (χ1n) is 8.75. The highest BCUT2D eigenvalue weighted by atomic mass is 32.1. The Kier molecular flexibility index (Phi) is 3.95. The van der Waals surface area contributed by atoms with E-state index in [1.165, 1.54) is 21.9 Å². The van der Waals surface area contributed by atoms with Crippen molar-refractivity contribution in [3.63, 3.8) is 0 Å². The lowest BCUT2D eigenvalue weighted by molar-refractivity contribution is 0.739. The average molecular weight is 394 g/mol. The molecule has 5 rings (SSSR count). The van der Waals surface area contributed by atoms with Gasteiger partial charge in [-0.2, -0.15) is 14.3 Å². The minimum Gasteiger partial charge on any atom is -0.382 e. The minimum absolute atomic E-state index is 0.534. The molecular weight excluding hydrogens is 376 g/mol. The molecule has 0 bridgehead atoms. The first-order chi connectivity index (χ1) is 13.7. The standard InChI is InChI=1S/C17H18N10S/c18-14-13(10-1-3-20-4-2-10)17(28-25-14)24-15-16-22-8-12(26(16)6-5-21-15)11-7-23-27(19)9-11/h1,5-9,20H,2-4,19H2,(H2,18,25)(H,21,24). The maximum Gasteiger partial charge on any atom is 0.180 e. The monoisotopic (exact) mass is 394 g/mol. The molecule has 0 aromatic carbocycles. The molecule has 0 saturated carbocycles. The molecule has 0 atom stereocenters. The highest BCUT2D eigenvalue weighted by Gasteiger charge is 2.19. The van der Waals surface area contributed by atoms with Gasteiger partial charge in [0.25, 0.3) is 0 Å². The molecule has 1 aliphatic heterocycles. The largest absolute Gasteiger partial charge is 0.382 e. The van der Waals surface area contributed by atoms with Gasteiger partial charge in [0.1, 0.15) is 10.8 Å². The number of nitrogens with two attached hydrogens (primary N) is 2. The van der Waals surface area contributed by atoms with E-state index in [4.69, 9.17) is 11.6 Å². The maximum absolute atomic E-state index is 6.16. The van der Waals surface area contributed by atoms with Gasteiger partial charge in [0, 0.05) is 24.5 Å². The molecule has 1 aliphatic rings. The van der Waals surface area contributed by atoms with Crippen molar-refractivity contribution in [2.75, 3.05) is 30.0 Å². The molecule has 11 heteroatoms. The Balaban J connectivity index is 1.55. The van der Waals surface area contributed by atoms with Gasteiger partial charge in [-0.1, -0.05) is 6.08 Å². The fraction of sp³-hybridized carbons (Fsp3) is 0.176. The normalized spacial score (nSPS) is 14.4. The van der Waals surface area contributed by atoms with E-state index in [0.717, 1.165) is 41.3 Å². The number of rotatable bonds is 4. The molecule has 10 nitrogen and oxygen atoms in total. The predicted molar refractivity (Wildman–Crippen MR) is 110 cm³/mol. The lowest BCUT2D eigenvalue weighted by atomic mass is 10.0. The zero-order chi connectivity index (χ0) is 19.1. The van der Waals surface area contributed by atoms with Crippen LogP contribution >= 0.6 is 11.5 Å². The topological polar surface area (TPSA) is 137 Å². The molecule has 0 fully saturated rings. The van der Waals surface area contributed by atoms with Gasteiger partial charge in [0.2, 0.25) is 0 Å². The third-order valence-electron chi connectivity index (χ3n) is 4.66. The number of fused-ring (bicyclic) bond motifs is 1. The highest BCUT2D eigenvalue weighted by Crippen LogP contribution is 2.37. The number of aromatic nitrogens is 6. The van der Waals surface area contributed by atoms with Gasteiger partial charge in [-0.3, -0.25) is 4.40 Å². The number of nitrogens with one attached hydrogen (secondary N) is 2. The van der Waals surface area contributed by atoms with Crippen LogP contribution in [0.2, 0.25) is 0 Å². The molecule has 28 heavy (non-hydrogen) atoms. The maximum atomic E-state index is 6.16. The zero-order valence-electron chi connectivity index (χ0n) is 14.8. The lowest BCUT2D eigenvalue weighted by Crippen LogP contribution is -2.20. The molecule has 142 valence electrons. The van der Waals surface area contributed by atoms with E-state index in [1.54, 1.807) is 24.8 Å². The van der Waals surface area contributed by atoms with E-state index < -0.39 is 0 Å². The van der Waals surface area contributed by atoms with Gasteiger partial charge in [0.05, 0.1) is 29.8 Å². The third kappa shape index (κ3) is 2.77. The number of nitrogens with zero attached hydrogens (tertiary/aromatic N) is 6. The Morgan fingerprint density at radius 2 is 2.18 bits per heavy atom. The summed E-state index contributed by atoms with van der Waals surface area (Å²) in [4.78, 5) is 10.3. The summed E-state index contributed by atoms with van der Waals surface area (Å²) in [5, 5.41) is 11.6. The molecule has 0 aliphatic carbocycles. The van der Waals surface area contributed by atoms with Crippen molar-refractivity contribution in [1.29, 1.82) is 0 Å². The van der Waals surface area contributed by atoms with Crippen molar-refractivity contribution < 1.29 is 0 Å². The number of nitrogen functional groups attached to an aromatic ring is 2. The van der Waals surface area contributed by atoms with Gasteiger partial charge < -0.3 is 22.2 Å². The SMILES string of the molecule is Nc1nsc(Nc2nccn3c(-c4cnn(N)c4)cnc23)c1C1=CCNCC1. The Morgan fingerprint density at radius 3 is 2.96 bits per heavy atom. The molecule has 0 spiro atoms. The van der Waals surface area contributed by atoms with Gasteiger partial charge in [-0.05, 0) is 30.1 Å². The molecular formula is C17H18N10S. The van der Waals surface area contributed by atoms with Crippen LogP contribution in [-0.2, 0) is 0 Å². The van der Waals surface area contributed by atoms with Crippen LogP contribution in [0.4, 0.5) is 16.6 Å². The molecule has 6 N–H and O–H groups in total. The van der Waals surface area contributed by atoms with Crippen LogP contribution in [0, 0.1) is 0 Å². The van der Waals surface area contributed by atoms with Gasteiger partial charge >= 0.3 is 0 Å². The average Bonchev–Trinajstić information content (AvgIpc) is 3.41. The van der Waals surface area contributed by atoms with Crippen molar-refractivity contribution in [2.45, 2.75) is 6.42 Å². The van der Waals surface area contributed by atoms with Crippen LogP contribution in [0.15, 0.2) is 37.1 Å². The number of hydrogen-bond donors (Lipinski definition) is 4. The minimum atomic E-state index is 0.534. The second-order valence-corrected chi connectivity index (χ2v) is 7.18. The Bertz CT molecular complexity index is 1180. The summed E-state index contributed by atoms with van der Waals surface area (Å²) in [6, 6.07) is 0. The number of imidazole rings is 1. The second kappa shape index (κ2) is 6.62. The van der Waals surface area contributed by atoms with Crippen LogP contribution in [-0.4, -0.2) is 41.7 Å². The molecule has 0 amide bonds. The van der Waals surface area contributed by atoms with Crippen molar-refractivity contribution in [3.05, 3.63) is 42.6 Å². The first-order valence-corrected chi connectivity index (χ1v) is 9.52. The summed E-state index contributed by atoms with van der Waals surface area (Å²) >= 11 is 1.33. The van der Waals surface area contributed by atoms with Crippen LogP contribution in [0.1, 0.15) is 12.0 Å². The molecule has 4 aromatic rings. The van der Waals surface area contributed by atoms with Gasteiger partial charge in [0.15, 0.2) is 11.5 Å². The molecule has 4 aromatic heterocycles. The summed E-state index contributed by atoms with van der Waals surface area (Å²) in [7, 11) is 0. The molecule has 5 heterocycles. The summed E-state index contributed by atoms with van der Waals surface area (Å²) in [6.07, 6.45) is 11.9. The predicted octanol–water partition coefficient (Wildman–Crippen LogP) is 1.47. The Hall–Kier alpha value is -3.44. The van der Waals surface area contributed by atoms with E-state index in [9.17, 15) is 0 Å². The van der Waals surface area contributed by atoms with E-state index in [0.29, 0.717) is 17.3 Å². The highest BCUT2D eigenvalue weighted by molar-refractivity contribution is 7.11. The second-order valence-electron chi connectivity index (χ2n) is 6.40. The van der Waals surface area contributed by atoms with Gasteiger partial charge in [-0.25, -0.2) is 9.97 Å². The van der Waals surface area contributed by atoms with Gasteiger partial charge in [-0.15, -0.1) is 0 Å². The number of hydrogen-bond acceptors (Lipinski definition) is 9. The fourth-order valence-corrected chi connectivity index (χ4v) is 4.10. The van der Waals surface area contributed by atoms with Crippen LogP contribution < -0.4 is 22.2 Å². The quantitative estimate of drug-likeness (QED) is 0.382. The Labute approximate surface area is 164 Å². The van der Waals surface area contributed by atoms with Crippen LogP contribution in [0.3, 0.4) is 0 Å². The summed E-state index contributed by atoms with van der Waals surface area (Å²) in [6.45, 7) is 1.75.